The number of aryl methyl sites for hydroxylation is 1. The van der Waals surface area contributed by atoms with Crippen molar-refractivity contribution in [3.8, 4) is 0 Å². The van der Waals surface area contributed by atoms with Crippen LogP contribution in [0, 0.1) is 13.8 Å². The summed E-state index contributed by atoms with van der Waals surface area (Å²) in [6.07, 6.45) is 0.900. The molecule has 0 saturated carbocycles. The van der Waals surface area contributed by atoms with Crippen molar-refractivity contribution in [2.24, 2.45) is 0 Å². The van der Waals surface area contributed by atoms with Gasteiger partial charge >= 0.3 is 0 Å². The van der Waals surface area contributed by atoms with Gasteiger partial charge in [0, 0.05) is 50.9 Å². The summed E-state index contributed by atoms with van der Waals surface area (Å²) in [4.78, 5) is 28.0. The fraction of sp³-hybridized carbons (Fsp3) is 0.500. The molecule has 7 heteroatoms. The van der Waals surface area contributed by atoms with Gasteiger partial charge in [-0.25, -0.2) is 0 Å². The molecule has 1 aromatic heterocycles. The van der Waals surface area contributed by atoms with E-state index in [0.717, 1.165) is 49.6 Å². The van der Waals surface area contributed by atoms with Gasteiger partial charge in [-0.1, -0.05) is 30.3 Å². The maximum absolute atomic E-state index is 12.5. The first-order chi connectivity index (χ1) is 13.9. The zero-order valence-electron chi connectivity index (χ0n) is 17.6. The Morgan fingerprint density at radius 3 is 2.55 bits per heavy atom. The van der Waals surface area contributed by atoms with E-state index >= 15 is 0 Å². The van der Waals surface area contributed by atoms with Crippen LogP contribution in [0.5, 0.6) is 0 Å². The molecule has 156 valence electrons. The van der Waals surface area contributed by atoms with E-state index in [9.17, 15) is 9.59 Å². The van der Waals surface area contributed by atoms with Crippen molar-refractivity contribution in [1.82, 2.24) is 24.9 Å². The van der Waals surface area contributed by atoms with E-state index in [1.54, 1.807) is 6.92 Å². The Bertz CT molecular complexity index is 846. The third-order valence-electron chi connectivity index (χ3n) is 5.57. The first kappa shape index (κ1) is 21.0. The van der Waals surface area contributed by atoms with Crippen LogP contribution in [0.25, 0.3) is 0 Å². The number of carbonyl (C=O) groups excluding carboxylic acids is 2. The molecular formula is C22H31N5O2. The predicted octanol–water partition coefficient (Wildman–Crippen LogP) is 1.72. The lowest BCUT2D eigenvalue weighted by Crippen LogP contribution is -2.39. The molecular weight excluding hydrogens is 366 g/mol. The van der Waals surface area contributed by atoms with Crippen LogP contribution in [0.15, 0.2) is 30.3 Å². The summed E-state index contributed by atoms with van der Waals surface area (Å²) >= 11 is 0. The summed E-state index contributed by atoms with van der Waals surface area (Å²) in [5.41, 5.74) is 4.31. The Morgan fingerprint density at radius 1 is 1.07 bits per heavy atom. The number of nitrogens with zero attached hydrogens (tertiary/aromatic N) is 4. The lowest BCUT2D eigenvalue weighted by molar-refractivity contribution is -0.128. The minimum atomic E-state index is 0.0101. The number of amides is 2. The number of benzene rings is 1. The zero-order valence-corrected chi connectivity index (χ0v) is 17.6. The Hall–Kier alpha value is -2.67. The third kappa shape index (κ3) is 5.67. The van der Waals surface area contributed by atoms with Crippen LogP contribution in [0.1, 0.15) is 35.9 Å². The normalized spacial score (nSPS) is 15.2. The van der Waals surface area contributed by atoms with Gasteiger partial charge in [-0.2, -0.15) is 5.10 Å². The Kier molecular flexibility index (Phi) is 7.04. The summed E-state index contributed by atoms with van der Waals surface area (Å²) < 4.78 is 2.00. The van der Waals surface area contributed by atoms with Gasteiger partial charge in [0.05, 0.1) is 18.8 Å². The maximum atomic E-state index is 12.5. The molecule has 2 heterocycles. The second-order valence-corrected chi connectivity index (χ2v) is 7.71. The zero-order chi connectivity index (χ0) is 20.8. The van der Waals surface area contributed by atoms with Crippen LogP contribution in [-0.2, 0) is 22.7 Å². The van der Waals surface area contributed by atoms with Crippen molar-refractivity contribution >= 4 is 11.8 Å². The van der Waals surface area contributed by atoms with Gasteiger partial charge in [0.1, 0.15) is 0 Å². The molecule has 1 aliphatic heterocycles. The van der Waals surface area contributed by atoms with Crippen molar-refractivity contribution in [2.75, 3.05) is 32.7 Å². The molecule has 0 bridgehead atoms. The van der Waals surface area contributed by atoms with Gasteiger partial charge in [0.2, 0.25) is 11.8 Å². The molecule has 1 fully saturated rings. The second-order valence-electron chi connectivity index (χ2n) is 7.71. The van der Waals surface area contributed by atoms with Crippen LogP contribution in [0.3, 0.4) is 0 Å². The number of nitrogens with one attached hydrogen (secondary N) is 1. The van der Waals surface area contributed by atoms with E-state index in [4.69, 9.17) is 0 Å². The van der Waals surface area contributed by atoms with E-state index in [2.05, 4.69) is 34.4 Å². The lowest BCUT2D eigenvalue weighted by Gasteiger charge is -2.20. The highest BCUT2D eigenvalue weighted by Gasteiger charge is 2.19. The molecule has 1 aliphatic rings. The summed E-state index contributed by atoms with van der Waals surface area (Å²) in [6, 6.07) is 10.2. The molecule has 0 aliphatic carbocycles. The Labute approximate surface area is 172 Å². The quantitative estimate of drug-likeness (QED) is 0.806. The van der Waals surface area contributed by atoms with Crippen molar-refractivity contribution in [3.63, 3.8) is 0 Å². The fourth-order valence-corrected chi connectivity index (χ4v) is 3.79. The lowest BCUT2D eigenvalue weighted by atomic mass is 10.2. The van der Waals surface area contributed by atoms with Crippen LogP contribution >= 0.6 is 0 Å². The van der Waals surface area contributed by atoms with Gasteiger partial charge in [-0.3, -0.25) is 19.2 Å². The van der Waals surface area contributed by atoms with Crippen molar-refractivity contribution < 1.29 is 9.59 Å². The van der Waals surface area contributed by atoms with E-state index in [0.29, 0.717) is 19.6 Å². The highest BCUT2D eigenvalue weighted by atomic mass is 16.2. The molecule has 2 aromatic rings. The minimum Gasteiger partial charge on any atom is -0.351 e. The maximum Gasteiger partial charge on any atom is 0.234 e. The molecule has 3 rings (SSSR count). The number of aromatic nitrogens is 2. The second kappa shape index (κ2) is 9.69. The van der Waals surface area contributed by atoms with Crippen LogP contribution < -0.4 is 5.32 Å². The van der Waals surface area contributed by atoms with Crippen LogP contribution in [-0.4, -0.2) is 64.1 Å². The summed E-state index contributed by atoms with van der Waals surface area (Å²) in [7, 11) is 0. The number of hydrogen-bond donors (Lipinski definition) is 1. The smallest absolute Gasteiger partial charge is 0.234 e. The van der Waals surface area contributed by atoms with Crippen LogP contribution in [0.2, 0.25) is 0 Å². The van der Waals surface area contributed by atoms with E-state index in [-0.39, 0.29) is 11.8 Å². The topological polar surface area (TPSA) is 70.5 Å². The number of hydrogen-bond acceptors (Lipinski definition) is 4. The molecule has 2 amide bonds. The van der Waals surface area contributed by atoms with Gasteiger partial charge in [-0.05, 0) is 25.8 Å². The minimum absolute atomic E-state index is 0.0101. The number of rotatable bonds is 6. The molecule has 1 aromatic carbocycles. The Morgan fingerprint density at radius 2 is 1.83 bits per heavy atom. The molecule has 0 radical (unpaired) electrons. The summed E-state index contributed by atoms with van der Waals surface area (Å²) in [5.74, 6) is 0.116. The monoisotopic (exact) mass is 397 g/mol. The van der Waals surface area contributed by atoms with E-state index < -0.39 is 0 Å². The highest BCUT2D eigenvalue weighted by molar-refractivity contribution is 5.78. The fourth-order valence-electron chi connectivity index (χ4n) is 3.79. The molecule has 1 saturated heterocycles. The predicted molar refractivity (Wildman–Crippen MR) is 112 cm³/mol. The van der Waals surface area contributed by atoms with Gasteiger partial charge < -0.3 is 10.2 Å². The van der Waals surface area contributed by atoms with Gasteiger partial charge in [-0.15, -0.1) is 0 Å². The highest BCUT2D eigenvalue weighted by Crippen LogP contribution is 2.15. The standard InChI is InChI=1S/C22H31N5O2/c1-17-21(18(2)27(24-17)15-20-8-5-4-6-9-20)14-23-22(29)16-25-10-7-11-26(13-12-25)19(3)28/h4-6,8-9H,7,10-16H2,1-3H3,(H,23,29). The molecule has 0 atom stereocenters. The van der Waals surface area contributed by atoms with Crippen molar-refractivity contribution in [1.29, 1.82) is 0 Å². The van der Waals surface area contributed by atoms with Gasteiger partial charge in [0.25, 0.3) is 0 Å². The third-order valence-corrected chi connectivity index (χ3v) is 5.57. The Balaban J connectivity index is 1.53. The first-order valence-electron chi connectivity index (χ1n) is 10.3. The summed E-state index contributed by atoms with van der Waals surface area (Å²) in [5, 5.41) is 7.70. The average molecular weight is 398 g/mol. The summed E-state index contributed by atoms with van der Waals surface area (Å²) in [6.45, 7) is 10.2. The molecule has 1 N–H and O–H groups in total. The van der Waals surface area contributed by atoms with Gasteiger partial charge in [0.15, 0.2) is 0 Å². The average Bonchev–Trinajstić information content (AvgIpc) is 2.86. The van der Waals surface area contributed by atoms with Crippen LogP contribution in [0.4, 0.5) is 0 Å². The SMILES string of the molecule is CC(=O)N1CCCN(CC(=O)NCc2c(C)nn(Cc3ccccc3)c2C)CC1. The molecule has 0 spiro atoms. The van der Waals surface area contributed by atoms with Crippen molar-refractivity contribution in [3.05, 3.63) is 52.8 Å². The molecule has 0 unspecified atom stereocenters. The molecule has 7 nitrogen and oxygen atoms in total. The molecule has 29 heavy (non-hydrogen) atoms. The van der Waals surface area contributed by atoms with Crippen molar-refractivity contribution in [2.45, 2.75) is 40.3 Å². The first-order valence-corrected chi connectivity index (χ1v) is 10.3. The van der Waals surface area contributed by atoms with E-state index in [1.807, 2.05) is 34.7 Å². The largest absolute Gasteiger partial charge is 0.351 e. The van der Waals surface area contributed by atoms with E-state index in [1.165, 1.54) is 5.56 Å². The number of carbonyl (C=O) groups is 2.